The number of rotatable bonds is 5. The summed E-state index contributed by atoms with van der Waals surface area (Å²) < 4.78 is 4.75. The summed E-state index contributed by atoms with van der Waals surface area (Å²) >= 11 is 0. The molecule has 1 rings (SSSR count). The fourth-order valence-corrected chi connectivity index (χ4v) is 1.35. The van der Waals surface area contributed by atoms with Crippen LogP contribution in [-0.2, 0) is 9.53 Å². The minimum absolute atomic E-state index is 0.0162. The highest BCUT2D eigenvalue weighted by Crippen LogP contribution is 2.17. The van der Waals surface area contributed by atoms with Crippen LogP contribution in [0, 0.1) is 17.0 Å². The molecule has 0 amide bonds. The maximum Gasteiger partial charge on any atom is 0.309 e. The van der Waals surface area contributed by atoms with E-state index in [2.05, 4.69) is 4.98 Å². The number of aryl methyl sites for hydroxylation is 1. The summed E-state index contributed by atoms with van der Waals surface area (Å²) in [6.45, 7) is 3.73. The molecule has 0 N–H and O–H groups in total. The summed E-state index contributed by atoms with van der Waals surface area (Å²) in [5, 5.41) is 10.6. The van der Waals surface area contributed by atoms with E-state index in [1.165, 1.54) is 6.20 Å². The first-order valence-corrected chi connectivity index (χ1v) is 5.47. The van der Waals surface area contributed by atoms with E-state index in [1.54, 1.807) is 32.1 Å². The summed E-state index contributed by atoms with van der Waals surface area (Å²) in [6.07, 6.45) is 4.62. The number of nitrogens with zero attached hydrogens (tertiary/aromatic N) is 2. The predicted molar refractivity (Wildman–Crippen MR) is 65.9 cm³/mol. The summed E-state index contributed by atoms with van der Waals surface area (Å²) in [7, 11) is 0. The van der Waals surface area contributed by atoms with Crippen LogP contribution in [-0.4, -0.2) is 22.5 Å². The Bertz CT molecular complexity index is 483. The molecular weight excluding hydrogens is 236 g/mol. The zero-order valence-electron chi connectivity index (χ0n) is 10.3. The van der Waals surface area contributed by atoms with Crippen molar-refractivity contribution in [3.8, 4) is 0 Å². The number of aromatic nitrogens is 1. The molecule has 0 bridgehead atoms. The molecule has 0 fully saturated rings. The van der Waals surface area contributed by atoms with Gasteiger partial charge in [-0.2, -0.15) is 0 Å². The Morgan fingerprint density at radius 1 is 1.61 bits per heavy atom. The molecule has 0 unspecified atom stereocenters. The van der Waals surface area contributed by atoms with Gasteiger partial charge >= 0.3 is 5.97 Å². The monoisotopic (exact) mass is 250 g/mol. The Kier molecular flexibility index (Phi) is 4.98. The van der Waals surface area contributed by atoms with E-state index in [0.29, 0.717) is 17.9 Å². The molecule has 0 atom stereocenters. The Balaban J connectivity index is 2.69. The van der Waals surface area contributed by atoms with E-state index in [9.17, 15) is 14.9 Å². The van der Waals surface area contributed by atoms with Gasteiger partial charge in [-0.25, -0.2) is 4.98 Å². The van der Waals surface area contributed by atoms with E-state index >= 15 is 0 Å². The second-order valence-corrected chi connectivity index (χ2v) is 3.56. The normalized spacial score (nSPS) is 10.6. The number of pyridine rings is 1. The van der Waals surface area contributed by atoms with Gasteiger partial charge in [0.05, 0.1) is 23.6 Å². The third-order valence-electron chi connectivity index (χ3n) is 2.18. The van der Waals surface area contributed by atoms with Gasteiger partial charge < -0.3 is 4.74 Å². The zero-order chi connectivity index (χ0) is 13.5. The Morgan fingerprint density at radius 2 is 2.33 bits per heavy atom. The van der Waals surface area contributed by atoms with Crippen molar-refractivity contribution in [2.75, 3.05) is 6.61 Å². The van der Waals surface area contributed by atoms with Gasteiger partial charge in [0.1, 0.15) is 6.20 Å². The lowest BCUT2D eigenvalue weighted by molar-refractivity contribution is -0.385. The van der Waals surface area contributed by atoms with Crippen LogP contribution in [0.1, 0.15) is 24.6 Å². The van der Waals surface area contributed by atoms with Crippen molar-refractivity contribution in [2.45, 2.75) is 20.3 Å². The molecule has 96 valence electrons. The minimum atomic E-state index is -0.478. The molecule has 0 spiro atoms. The fraction of sp³-hybridized carbons (Fsp3) is 0.333. The van der Waals surface area contributed by atoms with Crippen molar-refractivity contribution in [1.82, 2.24) is 4.98 Å². The van der Waals surface area contributed by atoms with E-state index in [0.717, 1.165) is 0 Å². The van der Waals surface area contributed by atoms with Crippen molar-refractivity contribution >= 4 is 17.7 Å². The third kappa shape index (κ3) is 3.97. The maximum absolute atomic E-state index is 11.1. The van der Waals surface area contributed by atoms with Gasteiger partial charge in [0.15, 0.2) is 0 Å². The van der Waals surface area contributed by atoms with Crippen molar-refractivity contribution in [3.63, 3.8) is 0 Å². The van der Waals surface area contributed by atoms with Gasteiger partial charge in [0.2, 0.25) is 0 Å². The van der Waals surface area contributed by atoms with E-state index in [1.807, 2.05) is 0 Å². The summed E-state index contributed by atoms with van der Waals surface area (Å²) in [5.74, 6) is -0.313. The highest BCUT2D eigenvalue weighted by molar-refractivity contribution is 5.72. The van der Waals surface area contributed by atoms with Crippen LogP contribution in [0.15, 0.2) is 18.3 Å². The molecule has 1 aromatic rings. The molecule has 0 aliphatic rings. The second-order valence-electron chi connectivity index (χ2n) is 3.56. The first kappa shape index (κ1) is 13.8. The van der Waals surface area contributed by atoms with Crippen LogP contribution in [0.5, 0.6) is 0 Å². The SMILES string of the molecule is CCOC(=O)CC=Cc1cc(C)c([N+](=O)[O-])cn1. The predicted octanol–water partition coefficient (Wildman–Crippen LogP) is 2.26. The summed E-state index contributed by atoms with van der Waals surface area (Å²) in [5.41, 5.74) is 1.09. The standard InChI is InChI=1S/C12H14N2O4/c1-3-18-12(15)6-4-5-10-7-9(2)11(8-13-10)14(16)17/h4-5,7-8H,3,6H2,1-2H3. The van der Waals surface area contributed by atoms with Gasteiger partial charge in [-0.15, -0.1) is 0 Å². The lowest BCUT2D eigenvalue weighted by atomic mass is 10.2. The molecule has 1 aromatic heterocycles. The van der Waals surface area contributed by atoms with Crippen molar-refractivity contribution in [3.05, 3.63) is 39.7 Å². The largest absolute Gasteiger partial charge is 0.466 e. The van der Waals surface area contributed by atoms with Gasteiger partial charge in [0, 0.05) is 5.56 Å². The molecular formula is C12H14N2O4. The molecule has 0 radical (unpaired) electrons. The Hall–Kier alpha value is -2.24. The van der Waals surface area contributed by atoms with E-state index in [4.69, 9.17) is 4.74 Å². The number of esters is 1. The number of hydrogen-bond acceptors (Lipinski definition) is 5. The van der Waals surface area contributed by atoms with Crippen molar-refractivity contribution in [1.29, 1.82) is 0 Å². The molecule has 18 heavy (non-hydrogen) atoms. The topological polar surface area (TPSA) is 82.3 Å². The van der Waals surface area contributed by atoms with Crippen molar-refractivity contribution in [2.24, 2.45) is 0 Å². The highest BCUT2D eigenvalue weighted by atomic mass is 16.6. The average Bonchev–Trinajstić information content (AvgIpc) is 2.29. The number of ether oxygens (including phenoxy) is 1. The van der Waals surface area contributed by atoms with Crippen LogP contribution in [0.3, 0.4) is 0 Å². The smallest absolute Gasteiger partial charge is 0.309 e. The lowest BCUT2D eigenvalue weighted by Crippen LogP contribution is -2.01. The Morgan fingerprint density at radius 3 is 2.89 bits per heavy atom. The fourth-order valence-electron chi connectivity index (χ4n) is 1.35. The van der Waals surface area contributed by atoms with Crippen LogP contribution in [0.4, 0.5) is 5.69 Å². The first-order chi connectivity index (χ1) is 8.54. The number of hydrogen-bond donors (Lipinski definition) is 0. The molecule has 0 aromatic carbocycles. The van der Waals surface area contributed by atoms with Gasteiger partial charge in [-0.3, -0.25) is 14.9 Å². The molecule has 1 heterocycles. The number of carbonyl (C=O) groups excluding carboxylic acids is 1. The summed E-state index contributed by atoms with van der Waals surface area (Å²) in [4.78, 5) is 25.1. The van der Waals surface area contributed by atoms with Crippen LogP contribution in [0.25, 0.3) is 6.08 Å². The van der Waals surface area contributed by atoms with E-state index in [-0.39, 0.29) is 18.1 Å². The third-order valence-corrected chi connectivity index (χ3v) is 2.18. The second kappa shape index (κ2) is 6.48. The molecule has 0 aliphatic carbocycles. The number of carbonyl (C=O) groups is 1. The Labute approximate surface area is 104 Å². The molecule has 0 aliphatic heterocycles. The first-order valence-electron chi connectivity index (χ1n) is 5.47. The summed E-state index contributed by atoms with van der Waals surface area (Å²) in [6, 6.07) is 1.60. The van der Waals surface area contributed by atoms with Gasteiger partial charge in [-0.05, 0) is 26.0 Å². The lowest BCUT2D eigenvalue weighted by Gasteiger charge is -1.98. The van der Waals surface area contributed by atoms with E-state index < -0.39 is 4.92 Å². The zero-order valence-corrected chi connectivity index (χ0v) is 10.3. The number of nitro groups is 1. The molecule has 6 nitrogen and oxygen atoms in total. The van der Waals surface area contributed by atoms with Crippen molar-refractivity contribution < 1.29 is 14.5 Å². The maximum atomic E-state index is 11.1. The quantitative estimate of drug-likeness (QED) is 0.454. The van der Waals surface area contributed by atoms with Crippen LogP contribution < -0.4 is 0 Å². The molecule has 6 heteroatoms. The molecule has 0 saturated heterocycles. The average molecular weight is 250 g/mol. The minimum Gasteiger partial charge on any atom is -0.466 e. The van der Waals surface area contributed by atoms with Crippen LogP contribution in [0.2, 0.25) is 0 Å². The highest BCUT2D eigenvalue weighted by Gasteiger charge is 2.10. The van der Waals surface area contributed by atoms with Gasteiger partial charge in [0.25, 0.3) is 5.69 Å². The van der Waals surface area contributed by atoms with Gasteiger partial charge in [-0.1, -0.05) is 6.08 Å². The molecule has 0 saturated carbocycles. The van der Waals surface area contributed by atoms with Crippen LogP contribution >= 0.6 is 0 Å².